The number of rotatable bonds is 2. The second kappa shape index (κ2) is 4.52. The fourth-order valence-electron chi connectivity index (χ4n) is 2.72. The summed E-state index contributed by atoms with van der Waals surface area (Å²) < 4.78 is 0. The van der Waals surface area contributed by atoms with Crippen molar-refractivity contribution in [2.75, 3.05) is 18.1 Å². The maximum absolute atomic E-state index is 12.4. The quantitative estimate of drug-likeness (QED) is 0.786. The summed E-state index contributed by atoms with van der Waals surface area (Å²) in [6, 6.07) is 0.0664. The van der Waals surface area contributed by atoms with E-state index < -0.39 is 0 Å². The van der Waals surface area contributed by atoms with E-state index in [0.29, 0.717) is 5.92 Å². The molecular weight excluding hydrogens is 236 g/mol. The zero-order valence-electron chi connectivity index (χ0n) is 9.85. The van der Waals surface area contributed by atoms with E-state index in [1.807, 2.05) is 16.7 Å². The van der Waals surface area contributed by atoms with E-state index in [1.54, 1.807) is 0 Å². The molecule has 0 aromatic heterocycles. The summed E-state index contributed by atoms with van der Waals surface area (Å²) in [6.07, 6.45) is 4.39. The van der Waals surface area contributed by atoms with Crippen molar-refractivity contribution in [3.63, 3.8) is 0 Å². The van der Waals surface area contributed by atoms with Crippen molar-refractivity contribution in [3.05, 3.63) is 0 Å². The van der Waals surface area contributed by atoms with Gasteiger partial charge >= 0.3 is 0 Å². The molecule has 2 amide bonds. The molecule has 2 unspecified atom stereocenters. The first-order valence-corrected chi connectivity index (χ1v) is 7.59. The Morgan fingerprint density at radius 1 is 1.24 bits per heavy atom. The standard InChI is InChI=1S/C12H18N2O2S/c15-10-6-14(9-2-1-5-17-7-9)12(16)11(13-10)8-3-4-8/h8-9,11H,1-7H2,(H,13,15). The molecule has 0 spiro atoms. The van der Waals surface area contributed by atoms with Crippen LogP contribution in [0.1, 0.15) is 25.7 Å². The van der Waals surface area contributed by atoms with Crippen LogP contribution in [0, 0.1) is 5.92 Å². The monoisotopic (exact) mass is 254 g/mol. The Kier molecular flexibility index (Phi) is 3.03. The predicted octanol–water partition coefficient (Wildman–Crippen LogP) is 0.619. The highest BCUT2D eigenvalue weighted by Gasteiger charge is 2.44. The zero-order chi connectivity index (χ0) is 11.8. The lowest BCUT2D eigenvalue weighted by Crippen LogP contribution is -2.62. The smallest absolute Gasteiger partial charge is 0.246 e. The summed E-state index contributed by atoms with van der Waals surface area (Å²) in [7, 11) is 0. The Morgan fingerprint density at radius 2 is 2.06 bits per heavy atom. The van der Waals surface area contributed by atoms with Gasteiger partial charge in [0.25, 0.3) is 0 Å². The molecule has 17 heavy (non-hydrogen) atoms. The third-order valence-corrected chi connectivity index (χ3v) is 5.05. The lowest BCUT2D eigenvalue weighted by molar-refractivity contribution is -0.147. The molecule has 5 heteroatoms. The van der Waals surface area contributed by atoms with E-state index in [2.05, 4.69) is 5.32 Å². The van der Waals surface area contributed by atoms with Crippen LogP contribution in [0.5, 0.6) is 0 Å². The van der Waals surface area contributed by atoms with Crippen LogP contribution in [0.3, 0.4) is 0 Å². The van der Waals surface area contributed by atoms with Gasteiger partial charge in [-0.05, 0) is 37.4 Å². The molecule has 0 aromatic carbocycles. The van der Waals surface area contributed by atoms with Gasteiger partial charge in [-0.2, -0.15) is 11.8 Å². The maximum atomic E-state index is 12.4. The van der Waals surface area contributed by atoms with E-state index in [1.165, 1.54) is 5.75 Å². The normalized spacial score (nSPS) is 34.7. The molecular formula is C12H18N2O2S. The van der Waals surface area contributed by atoms with Crippen LogP contribution in [0.15, 0.2) is 0 Å². The number of nitrogens with zero attached hydrogens (tertiary/aromatic N) is 1. The molecule has 0 radical (unpaired) electrons. The number of piperazine rings is 1. The van der Waals surface area contributed by atoms with Gasteiger partial charge in [0, 0.05) is 11.8 Å². The van der Waals surface area contributed by atoms with Crippen LogP contribution in [0.4, 0.5) is 0 Å². The average molecular weight is 254 g/mol. The fourth-order valence-corrected chi connectivity index (χ4v) is 3.88. The minimum Gasteiger partial charge on any atom is -0.342 e. The van der Waals surface area contributed by atoms with Crippen LogP contribution >= 0.6 is 11.8 Å². The molecule has 3 aliphatic rings. The van der Waals surface area contributed by atoms with E-state index in [0.717, 1.165) is 31.4 Å². The molecule has 1 aliphatic carbocycles. The fraction of sp³-hybridized carbons (Fsp3) is 0.833. The number of amides is 2. The molecule has 0 bridgehead atoms. The highest BCUT2D eigenvalue weighted by atomic mass is 32.2. The second-order valence-corrected chi connectivity index (χ2v) is 6.37. The summed E-state index contributed by atoms with van der Waals surface area (Å²) in [5, 5.41) is 2.86. The van der Waals surface area contributed by atoms with Gasteiger partial charge in [0.05, 0.1) is 6.54 Å². The van der Waals surface area contributed by atoms with Gasteiger partial charge in [0.2, 0.25) is 11.8 Å². The largest absolute Gasteiger partial charge is 0.342 e. The van der Waals surface area contributed by atoms with E-state index >= 15 is 0 Å². The molecule has 2 aliphatic heterocycles. The molecule has 1 saturated carbocycles. The number of hydrogen-bond acceptors (Lipinski definition) is 3. The molecule has 2 atom stereocenters. The predicted molar refractivity (Wildman–Crippen MR) is 66.7 cm³/mol. The first kappa shape index (κ1) is 11.4. The van der Waals surface area contributed by atoms with E-state index in [9.17, 15) is 9.59 Å². The zero-order valence-corrected chi connectivity index (χ0v) is 10.7. The second-order valence-electron chi connectivity index (χ2n) is 5.22. The molecule has 1 N–H and O–H groups in total. The summed E-state index contributed by atoms with van der Waals surface area (Å²) in [4.78, 5) is 25.9. The van der Waals surface area contributed by atoms with Crippen molar-refractivity contribution in [2.24, 2.45) is 5.92 Å². The average Bonchev–Trinajstić information content (AvgIpc) is 3.17. The van der Waals surface area contributed by atoms with Gasteiger partial charge in [-0.3, -0.25) is 9.59 Å². The lowest BCUT2D eigenvalue weighted by Gasteiger charge is -2.39. The minimum atomic E-state index is -0.219. The Morgan fingerprint density at radius 3 is 2.71 bits per heavy atom. The molecule has 94 valence electrons. The number of carbonyl (C=O) groups is 2. The molecule has 0 aromatic rings. The van der Waals surface area contributed by atoms with Crippen LogP contribution < -0.4 is 5.32 Å². The minimum absolute atomic E-state index is 0.0251. The number of hydrogen-bond donors (Lipinski definition) is 1. The van der Waals surface area contributed by atoms with E-state index in [4.69, 9.17) is 0 Å². The van der Waals surface area contributed by atoms with Crippen molar-refractivity contribution in [1.82, 2.24) is 10.2 Å². The van der Waals surface area contributed by atoms with Crippen LogP contribution in [0.2, 0.25) is 0 Å². The third kappa shape index (κ3) is 2.30. The van der Waals surface area contributed by atoms with Gasteiger partial charge in [-0.25, -0.2) is 0 Å². The van der Waals surface area contributed by atoms with Crippen molar-refractivity contribution >= 4 is 23.6 Å². The summed E-state index contributed by atoms with van der Waals surface area (Å²) in [5.41, 5.74) is 0. The van der Waals surface area contributed by atoms with Gasteiger partial charge in [0.15, 0.2) is 0 Å². The first-order chi connectivity index (χ1) is 8.25. The maximum Gasteiger partial charge on any atom is 0.246 e. The van der Waals surface area contributed by atoms with Crippen molar-refractivity contribution in [2.45, 2.75) is 37.8 Å². The Labute approximate surface area is 105 Å². The Hall–Kier alpha value is -0.710. The van der Waals surface area contributed by atoms with Gasteiger partial charge in [0.1, 0.15) is 6.04 Å². The summed E-state index contributed by atoms with van der Waals surface area (Å²) >= 11 is 1.90. The van der Waals surface area contributed by atoms with Crippen LogP contribution in [-0.4, -0.2) is 46.8 Å². The van der Waals surface area contributed by atoms with Gasteiger partial charge in [-0.1, -0.05) is 0 Å². The number of carbonyl (C=O) groups excluding carboxylic acids is 2. The van der Waals surface area contributed by atoms with Crippen molar-refractivity contribution in [3.8, 4) is 0 Å². The molecule has 3 rings (SSSR count). The summed E-state index contributed by atoms with van der Waals surface area (Å²) in [6.45, 7) is 0.271. The SMILES string of the molecule is O=C1CN(C2CCCSC2)C(=O)C(C2CC2)N1. The Balaban J connectivity index is 1.72. The molecule has 2 heterocycles. The van der Waals surface area contributed by atoms with Crippen LogP contribution in [0.25, 0.3) is 0 Å². The molecule has 2 saturated heterocycles. The summed E-state index contributed by atoms with van der Waals surface area (Å²) in [5.74, 6) is 2.79. The highest BCUT2D eigenvalue weighted by molar-refractivity contribution is 7.99. The third-order valence-electron chi connectivity index (χ3n) is 3.85. The first-order valence-electron chi connectivity index (χ1n) is 6.43. The molecule has 3 fully saturated rings. The number of nitrogens with one attached hydrogen (secondary N) is 1. The van der Waals surface area contributed by atoms with Gasteiger partial charge < -0.3 is 10.2 Å². The van der Waals surface area contributed by atoms with Crippen molar-refractivity contribution in [1.29, 1.82) is 0 Å². The van der Waals surface area contributed by atoms with Crippen LogP contribution in [-0.2, 0) is 9.59 Å². The lowest BCUT2D eigenvalue weighted by atomic mass is 10.0. The highest BCUT2D eigenvalue weighted by Crippen LogP contribution is 2.35. The number of thioether (sulfide) groups is 1. The van der Waals surface area contributed by atoms with E-state index in [-0.39, 0.29) is 30.4 Å². The van der Waals surface area contributed by atoms with Gasteiger partial charge in [-0.15, -0.1) is 0 Å². The molecule has 4 nitrogen and oxygen atoms in total. The Bertz CT molecular complexity index is 337. The van der Waals surface area contributed by atoms with Crippen molar-refractivity contribution < 1.29 is 9.59 Å². The topological polar surface area (TPSA) is 49.4 Å².